The molecular formula is C14H21NO2. The number of hydrogen-bond donors (Lipinski definition) is 0. The Morgan fingerprint density at radius 3 is 3.06 bits per heavy atom. The summed E-state index contributed by atoms with van der Waals surface area (Å²) in [5.41, 5.74) is 1.19. The van der Waals surface area contributed by atoms with Crippen LogP contribution in [0.5, 0.6) is 0 Å². The highest BCUT2D eigenvalue weighted by Gasteiger charge is 2.14. The monoisotopic (exact) mass is 235 g/mol. The molecule has 1 atom stereocenters. The molecule has 1 fully saturated rings. The summed E-state index contributed by atoms with van der Waals surface area (Å²) in [6.45, 7) is 1.69. The van der Waals surface area contributed by atoms with E-state index in [0.717, 1.165) is 38.9 Å². The van der Waals surface area contributed by atoms with Crippen LogP contribution < -0.4 is 0 Å². The van der Waals surface area contributed by atoms with Crippen molar-refractivity contribution >= 4 is 0 Å². The molecule has 0 radical (unpaired) electrons. The van der Waals surface area contributed by atoms with Crippen LogP contribution in [0, 0.1) is 0 Å². The predicted octanol–water partition coefficient (Wildman–Crippen LogP) is 2.95. The Kier molecular flexibility index (Phi) is 5.46. The summed E-state index contributed by atoms with van der Waals surface area (Å²) in [4.78, 5) is 4.31. The molecule has 1 aliphatic rings. The van der Waals surface area contributed by atoms with E-state index in [-0.39, 0.29) is 6.29 Å². The molecule has 0 bridgehead atoms. The van der Waals surface area contributed by atoms with Gasteiger partial charge in [-0.1, -0.05) is 12.5 Å². The number of ether oxygens (including phenoxy) is 2. The predicted molar refractivity (Wildman–Crippen MR) is 66.7 cm³/mol. The maximum Gasteiger partial charge on any atom is 0.157 e. The molecule has 1 aromatic heterocycles. The molecule has 2 rings (SSSR count). The van der Waals surface area contributed by atoms with Crippen LogP contribution in [-0.4, -0.2) is 24.5 Å². The van der Waals surface area contributed by atoms with E-state index in [4.69, 9.17) is 9.47 Å². The summed E-state index contributed by atoms with van der Waals surface area (Å²) in [5.74, 6) is 0. The number of aromatic nitrogens is 1. The summed E-state index contributed by atoms with van der Waals surface area (Å²) >= 11 is 0. The smallest absolute Gasteiger partial charge is 0.157 e. The van der Waals surface area contributed by atoms with Crippen molar-refractivity contribution in [1.82, 2.24) is 4.98 Å². The second-order valence-electron chi connectivity index (χ2n) is 4.45. The van der Waals surface area contributed by atoms with Crippen molar-refractivity contribution < 1.29 is 9.47 Å². The van der Waals surface area contributed by atoms with Gasteiger partial charge in [-0.15, -0.1) is 0 Å². The van der Waals surface area contributed by atoms with Crippen LogP contribution in [-0.2, 0) is 15.9 Å². The Morgan fingerprint density at radius 1 is 1.29 bits per heavy atom. The van der Waals surface area contributed by atoms with Crippen molar-refractivity contribution in [3.8, 4) is 0 Å². The molecule has 3 nitrogen and oxygen atoms in total. The fraction of sp³-hybridized carbons (Fsp3) is 0.643. The third kappa shape index (κ3) is 4.84. The standard InChI is InChI=1S/C14H21NO2/c1(2-7-13-8-3-4-10-15-13)5-11-16-14-9-6-12-17-14/h3-4,8,10,14H,1-2,5-7,9,11-12H2. The number of hydrogen-bond acceptors (Lipinski definition) is 3. The number of unbranched alkanes of at least 4 members (excludes halogenated alkanes) is 2. The molecule has 0 spiro atoms. The van der Waals surface area contributed by atoms with Gasteiger partial charge in [0.15, 0.2) is 6.29 Å². The van der Waals surface area contributed by atoms with E-state index in [1.165, 1.54) is 18.5 Å². The van der Waals surface area contributed by atoms with E-state index in [0.29, 0.717) is 0 Å². The fourth-order valence-corrected chi connectivity index (χ4v) is 2.03. The lowest BCUT2D eigenvalue weighted by Crippen LogP contribution is -2.11. The quantitative estimate of drug-likeness (QED) is 0.681. The fourth-order valence-electron chi connectivity index (χ4n) is 2.03. The topological polar surface area (TPSA) is 31.4 Å². The summed E-state index contributed by atoms with van der Waals surface area (Å²) in [6, 6.07) is 6.09. The lowest BCUT2D eigenvalue weighted by Gasteiger charge is -2.10. The first-order valence-electron chi connectivity index (χ1n) is 6.58. The zero-order valence-corrected chi connectivity index (χ0v) is 10.3. The van der Waals surface area contributed by atoms with Crippen LogP contribution in [0.25, 0.3) is 0 Å². The number of nitrogens with zero attached hydrogens (tertiary/aromatic N) is 1. The van der Waals surface area contributed by atoms with Crippen molar-refractivity contribution in [2.75, 3.05) is 13.2 Å². The van der Waals surface area contributed by atoms with Gasteiger partial charge in [0, 0.05) is 31.5 Å². The average molecular weight is 235 g/mol. The van der Waals surface area contributed by atoms with Crippen LogP contribution in [0.2, 0.25) is 0 Å². The van der Waals surface area contributed by atoms with Gasteiger partial charge in [-0.3, -0.25) is 4.98 Å². The highest BCUT2D eigenvalue weighted by atomic mass is 16.7. The molecular weight excluding hydrogens is 214 g/mol. The van der Waals surface area contributed by atoms with Crippen LogP contribution in [0.4, 0.5) is 0 Å². The molecule has 1 aromatic rings. The summed E-state index contributed by atoms with van der Waals surface area (Å²) in [5, 5.41) is 0. The van der Waals surface area contributed by atoms with Gasteiger partial charge in [0.2, 0.25) is 0 Å². The van der Waals surface area contributed by atoms with Crippen molar-refractivity contribution in [2.45, 2.75) is 44.8 Å². The van der Waals surface area contributed by atoms with Gasteiger partial charge < -0.3 is 9.47 Å². The van der Waals surface area contributed by atoms with Crippen molar-refractivity contribution in [1.29, 1.82) is 0 Å². The first-order chi connectivity index (χ1) is 8.45. The lowest BCUT2D eigenvalue weighted by atomic mass is 10.1. The van der Waals surface area contributed by atoms with Crippen molar-refractivity contribution in [3.05, 3.63) is 30.1 Å². The van der Waals surface area contributed by atoms with E-state index in [1.54, 1.807) is 0 Å². The van der Waals surface area contributed by atoms with E-state index in [2.05, 4.69) is 11.1 Å². The highest BCUT2D eigenvalue weighted by Crippen LogP contribution is 2.13. The van der Waals surface area contributed by atoms with E-state index >= 15 is 0 Å². The van der Waals surface area contributed by atoms with E-state index in [9.17, 15) is 0 Å². The van der Waals surface area contributed by atoms with Crippen molar-refractivity contribution in [2.24, 2.45) is 0 Å². The summed E-state index contributed by atoms with van der Waals surface area (Å²) < 4.78 is 11.0. The molecule has 17 heavy (non-hydrogen) atoms. The average Bonchev–Trinajstić information content (AvgIpc) is 2.88. The molecule has 3 heteroatoms. The van der Waals surface area contributed by atoms with Crippen LogP contribution in [0.15, 0.2) is 24.4 Å². The molecule has 1 unspecified atom stereocenters. The maximum atomic E-state index is 5.62. The van der Waals surface area contributed by atoms with Gasteiger partial charge in [0.1, 0.15) is 0 Å². The number of aryl methyl sites for hydroxylation is 1. The van der Waals surface area contributed by atoms with Crippen LogP contribution in [0.1, 0.15) is 37.8 Å². The molecule has 1 saturated heterocycles. The third-order valence-electron chi connectivity index (χ3n) is 3.00. The highest BCUT2D eigenvalue weighted by molar-refractivity contribution is 5.03. The van der Waals surface area contributed by atoms with Crippen LogP contribution >= 0.6 is 0 Å². The second-order valence-corrected chi connectivity index (χ2v) is 4.45. The molecule has 2 heterocycles. The normalized spacial score (nSPS) is 19.6. The number of pyridine rings is 1. The Morgan fingerprint density at radius 2 is 2.29 bits per heavy atom. The zero-order chi connectivity index (χ0) is 11.8. The zero-order valence-electron chi connectivity index (χ0n) is 10.3. The van der Waals surface area contributed by atoms with Crippen molar-refractivity contribution in [3.63, 3.8) is 0 Å². The molecule has 1 aliphatic heterocycles. The minimum absolute atomic E-state index is 0.0748. The molecule has 0 saturated carbocycles. The van der Waals surface area contributed by atoms with Crippen LogP contribution in [0.3, 0.4) is 0 Å². The summed E-state index contributed by atoms with van der Waals surface area (Å²) in [6.07, 6.45) is 8.71. The van der Waals surface area contributed by atoms with Gasteiger partial charge in [-0.2, -0.15) is 0 Å². The Hall–Kier alpha value is -0.930. The van der Waals surface area contributed by atoms with Gasteiger partial charge in [-0.05, 0) is 37.8 Å². The first kappa shape index (κ1) is 12.5. The molecule has 0 amide bonds. The van der Waals surface area contributed by atoms with E-state index in [1.807, 2.05) is 18.3 Å². The minimum atomic E-state index is 0.0748. The third-order valence-corrected chi connectivity index (χ3v) is 3.00. The van der Waals surface area contributed by atoms with Gasteiger partial charge in [0.25, 0.3) is 0 Å². The second kappa shape index (κ2) is 7.41. The number of rotatable bonds is 7. The molecule has 94 valence electrons. The largest absolute Gasteiger partial charge is 0.353 e. The van der Waals surface area contributed by atoms with Gasteiger partial charge in [-0.25, -0.2) is 0 Å². The first-order valence-corrected chi connectivity index (χ1v) is 6.58. The molecule has 0 N–H and O–H groups in total. The van der Waals surface area contributed by atoms with Gasteiger partial charge in [0.05, 0.1) is 0 Å². The molecule has 0 aromatic carbocycles. The summed E-state index contributed by atoms with van der Waals surface area (Å²) in [7, 11) is 0. The maximum absolute atomic E-state index is 5.62. The molecule has 0 aliphatic carbocycles. The minimum Gasteiger partial charge on any atom is -0.353 e. The van der Waals surface area contributed by atoms with Gasteiger partial charge >= 0.3 is 0 Å². The Bertz CT molecular complexity index is 296. The Balaban J connectivity index is 1.46. The lowest BCUT2D eigenvalue weighted by molar-refractivity contribution is -0.111. The Labute approximate surface area is 103 Å². The van der Waals surface area contributed by atoms with E-state index < -0.39 is 0 Å². The SMILES string of the molecule is c1ccc(CCCCCOC2CCCO2)nc1.